The van der Waals surface area contributed by atoms with Gasteiger partial charge in [0.15, 0.2) is 17.7 Å². The predicted molar refractivity (Wildman–Crippen MR) is 86.3 cm³/mol. The molecule has 9 nitrogen and oxygen atoms in total. The third kappa shape index (κ3) is 2.86. The zero-order valence-electron chi connectivity index (χ0n) is 13.7. The molecule has 0 bridgehead atoms. The van der Waals surface area contributed by atoms with Crippen molar-refractivity contribution in [1.29, 1.82) is 0 Å². The summed E-state index contributed by atoms with van der Waals surface area (Å²) >= 11 is 0. The van der Waals surface area contributed by atoms with Gasteiger partial charge >= 0.3 is 0 Å². The fraction of sp³-hybridized carbons (Fsp3) is 0.533. The lowest BCUT2D eigenvalue weighted by Crippen LogP contribution is -2.37. The van der Waals surface area contributed by atoms with Gasteiger partial charge in [0, 0.05) is 14.2 Å². The van der Waals surface area contributed by atoms with Crippen LogP contribution >= 0.6 is 0 Å². The Labute approximate surface area is 139 Å². The molecule has 2 aromatic heterocycles. The zero-order chi connectivity index (χ0) is 17.1. The highest BCUT2D eigenvalue weighted by Crippen LogP contribution is 2.35. The molecule has 3 rings (SSSR count). The Balaban J connectivity index is 1.96. The second-order valence-corrected chi connectivity index (χ2v) is 5.39. The fourth-order valence-electron chi connectivity index (χ4n) is 2.92. The standard InChI is InChI=1S/C15H21N5O4/c1-4-5-23-11-9(6-21-2)24-15(12(11)22-3)20-8-19-10-13(16)17-7-18-14(10)20/h4,7-9,11-12,15H,1,5-6H2,2-3H3,(H2,16,17,18)/t9-,11?,12+,15-/m1/s1. The number of nitrogens with zero attached hydrogens (tertiary/aromatic N) is 4. The zero-order valence-corrected chi connectivity index (χ0v) is 13.7. The molecule has 1 saturated heterocycles. The molecule has 1 fully saturated rings. The summed E-state index contributed by atoms with van der Waals surface area (Å²) in [5, 5.41) is 0. The van der Waals surface area contributed by atoms with Gasteiger partial charge in [-0.3, -0.25) is 4.57 Å². The summed E-state index contributed by atoms with van der Waals surface area (Å²) in [6.07, 6.45) is 3.26. The summed E-state index contributed by atoms with van der Waals surface area (Å²) in [5.41, 5.74) is 6.95. The van der Waals surface area contributed by atoms with E-state index in [1.165, 1.54) is 6.33 Å². The van der Waals surface area contributed by atoms with Crippen molar-refractivity contribution in [1.82, 2.24) is 19.5 Å². The molecule has 9 heteroatoms. The first-order chi connectivity index (χ1) is 11.7. The van der Waals surface area contributed by atoms with Crippen LogP contribution in [-0.4, -0.2) is 65.3 Å². The number of fused-ring (bicyclic) bond motifs is 1. The second-order valence-electron chi connectivity index (χ2n) is 5.39. The number of anilines is 1. The van der Waals surface area contributed by atoms with Crippen LogP contribution in [0, 0.1) is 0 Å². The molecule has 0 aliphatic carbocycles. The Hall–Kier alpha value is -2.07. The first-order valence-corrected chi connectivity index (χ1v) is 7.54. The number of hydrogen-bond donors (Lipinski definition) is 1. The van der Waals surface area contributed by atoms with Gasteiger partial charge in [0.2, 0.25) is 0 Å². The summed E-state index contributed by atoms with van der Waals surface area (Å²) < 4.78 is 24.6. The SMILES string of the molecule is C=CCOC1[C@@H](COC)O[C@@H](n2cnc3c(N)ncnc32)[C@H]1OC. The van der Waals surface area contributed by atoms with Crippen LogP contribution in [-0.2, 0) is 18.9 Å². The Bertz CT molecular complexity index is 706. The summed E-state index contributed by atoms with van der Waals surface area (Å²) in [7, 11) is 3.23. The normalized spacial score (nSPS) is 26.9. The summed E-state index contributed by atoms with van der Waals surface area (Å²) in [6.45, 7) is 4.45. The van der Waals surface area contributed by atoms with Crippen LogP contribution in [0.3, 0.4) is 0 Å². The van der Waals surface area contributed by atoms with Gasteiger partial charge in [-0.2, -0.15) is 0 Å². The molecule has 2 aromatic rings. The van der Waals surface area contributed by atoms with E-state index in [0.29, 0.717) is 30.2 Å². The minimum atomic E-state index is -0.468. The monoisotopic (exact) mass is 335 g/mol. The van der Waals surface area contributed by atoms with Crippen molar-refractivity contribution >= 4 is 17.0 Å². The van der Waals surface area contributed by atoms with Crippen LogP contribution in [0.5, 0.6) is 0 Å². The van der Waals surface area contributed by atoms with E-state index in [1.807, 2.05) is 0 Å². The van der Waals surface area contributed by atoms with Crippen LogP contribution in [0.15, 0.2) is 25.3 Å². The number of nitrogen functional groups attached to an aromatic ring is 1. The van der Waals surface area contributed by atoms with Crippen molar-refractivity contribution in [3.05, 3.63) is 25.3 Å². The van der Waals surface area contributed by atoms with Crippen molar-refractivity contribution in [2.75, 3.05) is 33.2 Å². The molecule has 0 amide bonds. The quantitative estimate of drug-likeness (QED) is 0.731. The highest BCUT2D eigenvalue weighted by molar-refractivity contribution is 5.81. The van der Waals surface area contributed by atoms with Crippen LogP contribution in [0.4, 0.5) is 5.82 Å². The van der Waals surface area contributed by atoms with Crippen LogP contribution in [0.1, 0.15) is 6.23 Å². The number of hydrogen-bond acceptors (Lipinski definition) is 8. The molecule has 0 radical (unpaired) electrons. The molecule has 0 saturated carbocycles. The second kappa shape index (κ2) is 7.22. The number of nitrogens with two attached hydrogens (primary N) is 1. The minimum Gasteiger partial charge on any atom is -0.382 e. The van der Waals surface area contributed by atoms with E-state index < -0.39 is 6.23 Å². The van der Waals surface area contributed by atoms with Gasteiger partial charge in [-0.15, -0.1) is 6.58 Å². The highest BCUT2D eigenvalue weighted by atomic mass is 16.6. The van der Waals surface area contributed by atoms with E-state index in [-0.39, 0.29) is 18.3 Å². The van der Waals surface area contributed by atoms with E-state index in [2.05, 4.69) is 21.5 Å². The summed E-state index contributed by atoms with van der Waals surface area (Å²) in [5.74, 6) is 0.318. The van der Waals surface area contributed by atoms with Gasteiger partial charge < -0.3 is 24.7 Å². The molecule has 1 unspecified atom stereocenters. The smallest absolute Gasteiger partial charge is 0.167 e. The minimum absolute atomic E-state index is 0.290. The summed E-state index contributed by atoms with van der Waals surface area (Å²) in [4.78, 5) is 12.5. The predicted octanol–water partition coefficient (Wildman–Crippen LogP) is 0.539. The number of ether oxygens (including phenoxy) is 4. The number of imidazole rings is 1. The highest BCUT2D eigenvalue weighted by Gasteiger charge is 2.47. The van der Waals surface area contributed by atoms with Gasteiger partial charge in [0.1, 0.15) is 30.2 Å². The first kappa shape index (κ1) is 16.8. The van der Waals surface area contributed by atoms with Crippen molar-refractivity contribution in [2.24, 2.45) is 0 Å². The van der Waals surface area contributed by atoms with E-state index in [1.54, 1.807) is 31.2 Å². The maximum atomic E-state index is 6.12. The number of aromatic nitrogens is 4. The molecule has 130 valence electrons. The Morgan fingerprint density at radius 3 is 2.88 bits per heavy atom. The van der Waals surface area contributed by atoms with Gasteiger partial charge in [0.25, 0.3) is 0 Å². The average Bonchev–Trinajstić information content (AvgIpc) is 3.15. The van der Waals surface area contributed by atoms with Gasteiger partial charge in [-0.25, -0.2) is 15.0 Å². The van der Waals surface area contributed by atoms with E-state index in [0.717, 1.165) is 0 Å². The Kier molecular flexibility index (Phi) is 5.05. The van der Waals surface area contributed by atoms with E-state index in [9.17, 15) is 0 Å². The molecular weight excluding hydrogens is 314 g/mol. The van der Waals surface area contributed by atoms with Crippen LogP contribution < -0.4 is 5.73 Å². The van der Waals surface area contributed by atoms with E-state index in [4.69, 9.17) is 24.7 Å². The van der Waals surface area contributed by atoms with Crippen molar-refractivity contribution < 1.29 is 18.9 Å². The maximum Gasteiger partial charge on any atom is 0.167 e. The Morgan fingerprint density at radius 1 is 1.33 bits per heavy atom. The largest absolute Gasteiger partial charge is 0.382 e. The average molecular weight is 335 g/mol. The molecule has 4 atom stereocenters. The summed E-state index contributed by atoms with van der Waals surface area (Å²) in [6, 6.07) is 0. The van der Waals surface area contributed by atoms with Crippen LogP contribution in [0.25, 0.3) is 11.2 Å². The number of rotatable bonds is 7. The molecule has 0 spiro atoms. The van der Waals surface area contributed by atoms with Gasteiger partial charge in [-0.05, 0) is 0 Å². The fourth-order valence-corrected chi connectivity index (χ4v) is 2.92. The molecular formula is C15H21N5O4. The molecule has 1 aliphatic rings. The molecule has 2 N–H and O–H groups in total. The van der Waals surface area contributed by atoms with Gasteiger partial charge in [-0.1, -0.05) is 6.08 Å². The van der Waals surface area contributed by atoms with Crippen molar-refractivity contribution in [2.45, 2.75) is 24.5 Å². The van der Waals surface area contributed by atoms with E-state index >= 15 is 0 Å². The maximum absolute atomic E-state index is 6.12. The van der Waals surface area contributed by atoms with Gasteiger partial charge in [0.05, 0.1) is 19.5 Å². The lowest BCUT2D eigenvalue weighted by Gasteiger charge is -2.23. The lowest BCUT2D eigenvalue weighted by atomic mass is 10.1. The Morgan fingerprint density at radius 2 is 2.17 bits per heavy atom. The first-order valence-electron chi connectivity index (χ1n) is 7.54. The number of methoxy groups -OCH3 is 2. The third-order valence-electron chi connectivity index (χ3n) is 3.96. The molecule has 1 aliphatic heterocycles. The van der Waals surface area contributed by atoms with Crippen molar-refractivity contribution in [3.8, 4) is 0 Å². The topological polar surface area (TPSA) is 107 Å². The molecule has 0 aromatic carbocycles. The molecule has 3 heterocycles. The third-order valence-corrected chi connectivity index (χ3v) is 3.96. The van der Waals surface area contributed by atoms with Crippen LogP contribution in [0.2, 0.25) is 0 Å². The lowest BCUT2D eigenvalue weighted by molar-refractivity contribution is -0.0649. The van der Waals surface area contributed by atoms with Crippen molar-refractivity contribution in [3.63, 3.8) is 0 Å². The molecule has 24 heavy (non-hydrogen) atoms.